The van der Waals surface area contributed by atoms with E-state index in [9.17, 15) is 0 Å². The smallest absolute Gasteiger partial charge is 0.100 e. The topological polar surface area (TPSA) is 39.1 Å². The summed E-state index contributed by atoms with van der Waals surface area (Å²) < 4.78 is 0.871. The van der Waals surface area contributed by atoms with Crippen LogP contribution in [0.3, 0.4) is 0 Å². The van der Waals surface area contributed by atoms with Gasteiger partial charge in [-0.3, -0.25) is 0 Å². The van der Waals surface area contributed by atoms with Gasteiger partial charge >= 0.3 is 0 Å². The zero-order valence-corrected chi connectivity index (χ0v) is 11.7. The van der Waals surface area contributed by atoms with Gasteiger partial charge in [-0.15, -0.1) is 0 Å². The molecule has 1 aromatic rings. The minimum Gasteiger partial charge on any atom is -0.366 e. The quantitative estimate of drug-likeness (QED) is 0.865. The van der Waals surface area contributed by atoms with Crippen molar-refractivity contribution in [3.8, 4) is 6.07 Å². The number of piperazine rings is 1. The first kappa shape index (κ1) is 12.4. The van der Waals surface area contributed by atoms with Gasteiger partial charge in [-0.25, -0.2) is 0 Å². The molecule has 2 rings (SSSR count). The molecule has 0 spiro atoms. The van der Waals surface area contributed by atoms with Crippen LogP contribution >= 0.6 is 15.9 Å². The summed E-state index contributed by atoms with van der Waals surface area (Å²) in [6, 6.07) is 9.08. The maximum absolute atomic E-state index is 8.91. The third kappa shape index (κ3) is 2.62. The van der Waals surface area contributed by atoms with Gasteiger partial charge in [-0.1, -0.05) is 0 Å². The maximum Gasteiger partial charge on any atom is 0.100 e. The molecule has 4 heteroatoms. The standard InChI is InChI=1S/C13H16BrN3/c1-9-8-17(10(2)7-16-9)12-4-3-11(6-15)13(14)5-12/h3-5,9-10,16H,7-8H2,1-2H3/t9-,10+/m1/s1. The van der Waals surface area contributed by atoms with Crippen molar-refractivity contribution in [2.75, 3.05) is 18.0 Å². The first-order chi connectivity index (χ1) is 8.11. The lowest BCUT2D eigenvalue weighted by Crippen LogP contribution is -2.54. The molecule has 1 aliphatic rings. The van der Waals surface area contributed by atoms with Gasteiger partial charge in [0.15, 0.2) is 0 Å². The van der Waals surface area contributed by atoms with Crippen LogP contribution in [-0.4, -0.2) is 25.2 Å². The van der Waals surface area contributed by atoms with E-state index >= 15 is 0 Å². The third-order valence-corrected chi connectivity index (χ3v) is 3.83. The largest absolute Gasteiger partial charge is 0.366 e. The van der Waals surface area contributed by atoms with Crippen LogP contribution in [0.25, 0.3) is 0 Å². The minimum atomic E-state index is 0.478. The number of rotatable bonds is 1. The number of hydrogen-bond acceptors (Lipinski definition) is 3. The summed E-state index contributed by atoms with van der Waals surface area (Å²) in [5.41, 5.74) is 1.86. The molecule has 0 aliphatic carbocycles. The predicted octanol–water partition coefficient (Wildman–Crippen LogP) is 2.51. The molecule has 1 heterocycles. The van der Waals surface area contributed by atoms with Gasteiger partial charge in [-0.2, -0.15) is 5.26 Å². The van der Waals surface area contributed by atoms with Crippen LogP contribution in [0.15, 0.2) is 22.7 Å². The number of benzene rings is 1. The fraction of sp³-hybridized carbons (Fsp3) is 0.462. The highest BCUT2D eigenvalue weighted by molar-refractivity contribution is 9.10. The van der Waals surface area contributed by atoms with Crippen LogP contribution in [0.4, 0.5) is 5.69 Å². The highest BCUT2D eigenvalue weighted by atomic mass is 79.9. The van der Waals surface area contributed by atoms with Crippen molar-refractivity contribution >= 4 is 21.6 Å². The van der Waals surface area contributed by atoms with Crippen LogP contribution in [0.5, 0.6) is 0 Å². The Kier molecular flexibility index (Phi) is 3.70. The first-order valence-corrected chi connectivity index (χ1v) is 6.61. The fourth-order valence-electron chi connectivity index (χ4n) is 2.15. The Morgan fingerprint density at radius 3 is 2.88 bits per heavy atom. The Labute approximate surface area is 111 Å². The van der Waals surface area contributed by atoms with Gasteiger partial charge in [0.1, 0.15) is 6.07 Å². The van der Waals surface area contributed by atoms with E-state index in [2.05, 4.69) is 46.1 Å². The average Bonchev–Trinajstić information content (AvgIpc) is 2.32. The lowest BCUT2D eigenvalue weighted by molar-refractivity contribution is 0.425. The van der Waals surface area contributed by atoms with Crippen molar-refractivity contribution in [3.63, 3.8) is 0 Å². The molecule has 1 fully saturated rings. The average molecular weight is 294 g/mol. The monoisotopic (exact) mass is 293 g/mol. The Morgan fingerprint density at radius 1 is 1.47 bits per heavy atom. The Bertz CT molecular complexity index is 452. The molecule has 0 aromatic heterocycles. The lowest BCUT2D eigenvalue weighted by atomic mass is 10.1. The lowest BCUT2D eigenvalue weighted by Gasteiger charge is -2.39. The predicted molar refractivity (Wildman–Crippen MR) is 73.1 cm³/mol. The molecule has 0 amide bonds. The van der Waals surface area contributed by atoms with E-state index in [0.717, 1.165) is 17.6 Å². The van der Waals surface area contributed by atoms with Crippen LogP contribution in [0.1, 0.15) is 19.4 Å². The van der Waals surface area contributed by atoms with Crippen molar-refractivity contribution in [3.05, 3.63) is 28.2 Å². The fourth-order valence-corrected chi connectivity index (χ4v) is 2.61. The van der Waals surface area contributed by atoms with E-state index in [-0.39, 0.29) is 0 Å². The Morgan fingerprint density at radius 2 is 2.24 bits per heavy atom. The summed E-state index contributed by atoms with van der Waals surface area (Å²) in [6.07, 6.45) is 0. The second-order valence-corrected chi connectivity index (χ2v) is 5.44. The van der Waals surface area contributed by atoms with Gasteiger partial charge in [-0.05, 0) is 48.0 Å². The maximum atomic E-state index is 8.91. The van der Waals surface area contributed by atoms with E-state index in [1.165, 1.54) is 5.69 Å². The number of nitrogens with one attached hydrogen (secondary N) is 1. The van der Waals surface area contributed by atoms with Crippen molar-refractivity contribution in [1.29, 1.82) is 5.26 Å². The summed E-state index contributed by atoms with van der Waals surface area (Å²) in [4.78, 5) is 2.38. The van der Waals surface area contributed by atoms with Crippen LogP contribution in [-0.2, 0) is 0 Å². The third-order valence-electron chi connectivity index (χ3n) is 3.17. The van der Waals surface area contributed by atoms with E-state index in [1.54, 1.807) is 0 Å². The van der Waals surface area contributed by atoms with Gasteiger partial charge in [0, 0.05) is 35.3 Å². The van der Waals surface area contributed by atoms with E-state index in [4.69, 9.17) is 5.26 Å². The normalized spacial score (nSPS) is 24.5. The zero-order chi connectivity index (χ0) is 12.4. The molecule has 90 valence electrons. The molecule has 2 atom stereocenters. The van der Waals surface area contributed by atoms with Crippen molar-refractivity contribution in [2.24, 2.45) is 0 Å². The van der Waals surface area contributed by atoms with Crippen LogP contribution < -0.4 is 10.2 Å². The first-order valence-electron chi connectivity index (χ1n) is 5.81. The van der Waals surface area contributed by atoms with E-state index in [1.807, 2.05) is 18.2 Å². The second kappa shape index (κ2) is 5.07. The molecular weight excluding hydrogens is 278 g/mol. The molecule has 0 bridgehead atoms. The van der Waals surface area contributed by atoms with Crippen LogP contribution in [0, 0.1) is 11.3 Å². The molecule has 1 saturated heterocycles. The summed E-state index contributed by atoms with van der Waals surface area (Å²) >= 11 is 3.44. The van der Waals surface area contributed by atoms with E-state index in [0.29, 0.717) is 17.6 Å². The van der Waals surface area contributed by atoms with Crippen molar-refractivity contribution in [2.45, 2.75) is 25.9 Å². The molecule has 3 nitrogen and oxygen atoms in total. The molecule has 0 radical (unpaired) electrons. The summed E-state index contributed by atoms with van der Waals surface area (Å²) in [6.45, 7) is 6.40. The van der Waals surface area contributed by atoms with Gasteiger partial charge in [0.25, 0.3) is 0 Å². The summed E-state index contributed by atoms with van der Waals surface area (Å²) in [7, 11) is 0. The number of anilines is 1. The summed E-state index contributed by atoms with van der Waals surface area (Å²) in [5, 5.41) is 12.4. The van der Waals surface area contributed by atoms with E-state index < -0.39 is 0 Å². The van der Waals surface area contributed by atoms with Gasteiger partial charge < -0.3 is 10.2 Å². The second-order valence-electron chi connectivity index (χ2n) is 4.59. The van der Waals surface area contributed by atoms with Crippen molar-refractivity contribution in [1.82, 2.24) is 5.32 Å². The number of hydrogen-bond donors (Lipinski definition) is 1. The highest BCUT2D eigenvalue weighted by Crippen LogP contribution is 2.26. The van der Waals surface area contributed by atoms with Gasteiger partial charge in [0.05, 0.1) is 5.56 Å². The molecular formula is C13H16BrN3. The molecule has 0 saturated carbocycles. The molecule has 1 aromatic carbocycles. The van der Waals surface area contributed by atoms with Crippen molar-refractivity contribution < 1.29 is 0 Å². The van der Waals surface area contributed by atoms with Gasteiger partial charge in [0.2, 0.25) is 0 Å². The Balaban J connectivity index is 2.27. The summed E-state index contributed by atoms with van der Waals surface area (Å²) in [5.74, 6) is 0. The minimum absolute atomic E-state index is 0.478. The molecule has 0 unspecified atom stereocenters. The molecule has 17 heavy (non-hydrogen) atoms. The highest BCUT2D eigenvalue weighted by Gasteiger charge is 2.22. The Hall–Kier alpha value is -1.05. The number of nitriles is 1. The molecule has 1 N–H and O–H groups in total. The SMILES string of the molecule is C[C@@H]1CN(c2ccc(C#N)c(Br)c2)[C@@H](C)CN1. The molecule has 1 aliphatic heterocycles. The number of halogens is 1. The number of nitrogens with zero attached hydrogens (tertiary/aromatic N) is 2. The zero-order valence-electron chi connectivity index (χ0n) is 10.1. The van der Waals surface area contributed by atoms with Crippen LogP contribution in [0.2, 0.25) is 0 Å².